The van der Waals surface area contributed by atoms with Gasteiger partial charge < -0.3 is 10.1 Å². The van der Waals surface area contributed by atoms with Crippen molar-refractivity contribution in [3.05, 3.63) is 24.8 Å². The molecule has 0 rings (SSSR count). The van der Waals surface area contributed by atoms with E-state index in [2.05, 4.69) is 18.5 Å². The van der Waals surface area contributed by atoms with Crippen LogP contribution < -0.4 is 5.32 Å². The molecule has 0 spiro atoms. The molecule has 1 amide bonds. The quantitative estimate of drug-likeness (QED) is 0.262. The molecule has 8 heteroatoms. The van der Waals surface area contributed by atoms with E-state index in [1.54, 1.807) is 0 Å². The third-order valence-electron chi connectivity index (χ3n) is 2.21. The SMILES string of the molecule is C=CC(=O)NCCCC(=C)C(=O)OCCCS(=O)(=O)O. The van der Waals surface area contributed by atoms with Crippen molar-refractivity contribution in [2.75, 3.05) is 18.9 Å². The molecule has 0 fully saturated rings. The van der Waals surface area contributed by atoms with E-state index in [9.17, 15) is 18.0 Å². The molecule has 0 saturated carbocycles. The Morgan fingerprint density at radius 1 is 1.30 bits per heavy atom. The van der Waals surface area contributed by atoms with Crippen molar-refractivity contribution in [1.82, 2.24) is 5.32 Å². The number of amides is 1. The summed E-state index contributed by atoms with van der Waals surface area (Å²) in [4.78, 5) is 22.2. The van der Waals surface area contributed by atoms with Gasteiger partial charge in [-0.1, -0.05) is 13.2 Å². The largest absolute Gasteiger partial charge is 0.462 e. The molecule has 0 aromatic rings. The van der Waals surface area contributed by atoms with E-state index in [1.165, 1.54) is 0 Å². The Morgan fingerprint density at radius 2 is 1.95 bits per heavy atom. The first-order valence-electron chi connectivity index (χ1n) is 5.96. The standard InChI is InChI=1S/C12H19NO6S/c1-3-11(14)13-7-4-6-10(2)12(15)19-8-5-9-20(16,17)18/h3H,1-2,4-9H2,(H,13,14)(H,16,17,18). The highest BCUT2D eigenvalue weighted by atomic mass is 32.2. The van der Waals surface area contributed by atoms with Gasteiger partial charge in [0.25, 0.3) is 10.1 Å². The van der Waals surface area contributed by atoms with Gasteiger partial charge in [0.05, 0.1) is 12.4 Å². The Kier molecular flexibility index (Phi) is 8.49. The first kappa shape index (κ1) is 18.3. The van der Waals surface area contributed by atoms with E-state index in [-0.39, 0.29) is 24.5 Å². The monoisotopic (exact) mass is 305 g/mol. The third-order valence-corrected chi connectivity index (χ3v) is 3.01. The molecule has 0 unspecified atom stereocenters. The fourth-order valence-corrected chi connectivity index (χ4v) is 1.68. The molecule has 2 N–H and O–H groups in total. The summed E-state index contributed by atoms with van der Waals surface area (Å²) in [5.74, 6) is -1.36. The summed E-state index contributed by atoms with van der Waals surface area (Å²) in [5, 5.41) is 2.55. The molecule has 0 saturated heterocycles. The molecule has 0 aromatic heterocycles. The van der Waals surface area contributed by atoms with Gasteiger partial charge >= 0.3 is 5.97 Å². The average molecular weight is 305 g/mol. The molecule has 20 heavy (non-hydrogen) atoms. The minimum absolute atomic E-state index is 0.0211. The number of carbonyl (C=O) groups is 2. The molecule has 0 atom stereocenters. The van der Waals surface area contributed by atoms with Gasteiger partial charge in [-0.05, 0) is 25.3 Å². The molecular weight excluding hydrogens is 286 g/mol. The van der Waals surface area contributed by atoms with Gasteiger partial charge in [0.1, 0.15) is 0 Å². The van der Waals surface area contributed by atoms with E-state index in [0.717, 1.165) is 6.08 Å². The molecule has 0 radical (unpaired) electrons. The molecule has 0 aromatic carbocycles. The topological polar surface area (TPSA) is 110 Å². The second-order valence-electron chi connectivity index (χ2n) is 3.98. The molecular formula is C12H19NO6S. The molecule has 0 heterocycles. The Balaban J connectivity index is 3.74. The lowest BCUT2D eigenvalue weighted by molar-refractivity contribution is -0.139. The highest BCUT2D eigenvalue weighted by Gasteiger charge is 2.10. The van der Waals surface area contributed by atoms with E-state index >= 15 is 0 Å². The van der Waals surface area contributed by atoms with Crippen molar-refractivity contribution in [3.63, 3.8) is 0 Å². The van der Waals surface area contributed by atoms with E-state index in [4.69, 9.17) is 9.29 Å². The van der Waals surface area contributed by atoms with Gasteiger partial charge in [0.15, 0.2) is 0 Å². The molecule has 0 aliphatic rings. The van der Waals surface area contributed by atoms with Crippen LogP contribution in [0.1, 0.15) is 19.3 Å². The van der Waals surface area contributed by atoms with Crippen LogP contribution in [0.5, 0.6) is 0 Å². The Morgan fingerprint density at radius 3 is 2.50 bits per heavy atom. The van der Waals surface area contributed by atoms with Gasteiger partial charge in [-0.15, -0.1) is 0 Å². The molecule has 7 nitrogen and oxygen atoms in total. The molecule has 0 aliphatic heterocycles. The summed E-state index contributed by atoms with van der Waals surface area (Å²) in [6.45, 7) is 7.12. The third kappa shape index (κ3) is 10.3. The fraction of sp³-hybridized carbons (Fsp3) is 0.500. The Bertz CT molecular complexity index is 468. The zero-order valence-electron chi connectivity index (χ0n) is 11.1. The maximum Gasteiger partial charge on any atom is 0.333 e. The van der Waals surface area contributed by atoms with Crippen LogP contribution in [-0.2, 0) is 24.4 Å². The van der Waals surface area contributed by atoms with Crippen LogP contribution >= 0.6 is 0 Å². The number of ether oxygens (including phenoxy) is 1. The van der Waals surface area contributed by atoms with Gasteiger partial charge in [-0.2, -0.15) is 8.42 Å². The van der Waals surface area contributed by atoms with Gasteiger partial charge in [0.2, 0.25) is 5.91 Å². The van der Waals surface area contributed by atoms with E-state index in [0.29, 0.717) is 19.4 Å². The zero-order valence-corrected chi connectivity index (χ0v) is 11.9. The molecule has 0 aliphatic carbocycles. The maximum atomic E-state index is 11.4. The van der Waals surface area contributed by atoms with E-state index < -0.39 is 21.8 Å². The van der Waals surface area contributed by atoms with Gasteiger partial charge in [-0.3, -0.25) is 9.35 Å². The summed E-state index contributed by atoms with van der Waals surface area (Å²) >= 11 is 0. The average Bonchev–Trinajstić information content (AvgIpc) is 2.37. The zero-order chi connectivity index (χ0) is 15.6. The Labute approximate surface area is 118 Å². The second kappa shape index (κ2) is 9.27. The smallest absolute Gasteiger partial charge is 0.333 e. The number of carbonyl (C=O) groups excluding carboxylic acids is 2. The van der Waals surface area contributed by atoms with Gasteiger partial charge in [0, 0.05) is 12.1 Å². The van der Waals surface area contributed by atoms with Crippen LogP contribution in [0.3, 0.4) is 0 Å². The van der Waals surface area contributed by atoms with Crippen molar-refractivity contribution in [1.29, 1.82) is 0 Å². The first-order chi connectivity index (χ1) is 9.26. The number of hydrogen-bond acceptors (Lipinski definition) is 5. The van der Waals surface area contributed by atoms with Crippen LogP contribution in [-0.4, -0.2) is 43.8 Å². The number of rotatable bonds is 10. The number of nitrogens with one attached hydrogen (secondary N) is 1. The summed E-state index contributed by atoms with van der Waals surface area (Å²) in [6, 6.07) is 0. The van der Waals surface area contributed by atoms with Crippen molar-refractivity contribution in [2.24, 2.45) is 0 Å². The first-order valence-corrected chi connectivity index (χ1v) is 7.57. The van der Waals surface area contributed by atoms with Crippen LogP contribution in [0.2, 0.25) is 0 Å². The lowest BCUT2D eigenvalue weighted by atomic mass is 10.1. The summed E-state index contributed by atoms with van der Waals surface area (Å²) < 4.78 is 34.1. The van der Waals surface area contributed by atoms with Crippen LogP contribution in [0.15, 0.2) is 24.8 Å². The van der Waals surface area contributed by atoms with E-state index in [1.807, 2.05) is 0 Å². The predicted molar refractivity (Wildman–Crippen MR) is 73.6 cm³/mol. The van der Waals surface area contributed by atoms with Crippen LogP contribution in [0, 0.1) is 0 Å². The van der Waals surface area contributed by atoms with Crippen molar-refractivity contribution in [2.45, 2.75) is 19.3 Å². The van der Waals surface area contributed by atoms with Crippen LogP contribution in [0.4, 0.5) is 0 Å². The second-order valence-corrected chi connectivity index (χ2v) is 5.55. The highest BCUT2D eigenvalue weighted by Crippen LogP contribution is 2.04. The van der Waals surface area contributed by atoms with Crippen molar-refractivity contribution in [3.8, 4) is 0 Å². The summed E-state index contributed by atoms with van der Waals surface area (Å²) in [6.07, 6.45) is 2.05. The normalized spacial score (nSPS) is 10.7. The Hall–Kier alpha value is -1.67. The summed E-state index contributed by atoms with van der Waals surface area (Å²) in [5.41, 5.74) is 0.240. The van der Waals surface area contributed by atoms with Gasteiger partial charge in [-0.25, -0.2) is 4.79 Å². The van der Waals surface area contributed by atoms with Crippen molar-refractivity contribution >= 4 is 22.0 Å². The highest BCUT2D eigenvalue weighted by molar-refractivity contribution is 7.85. The number of hydrogen-bond donors (Lipinski definition) is 2. The lowest BCUT2D eigenvalue weighted by Gasteiger charge is -2.07. The van der Waals surface area contributed by atoms with Crippen molar-refractivity contribution < 1.29 is 27.3 Å². The minimum Gasteiger partial charge on any atom is -0.462 e. The minimum atomic E-state index is -4.03. The fourth-order valence-electron chi connectivity index (χ4n) is 1.20. The molecule has 0 bridgehead atoms. The predicted octanol–water partition coefficient (Wildman–Crippen LogP) is 0.446. The van der Waals surface area contributed by atoms with Crippen LogP contribution in [0.25, 0.3) is 0 Å². The lowest BCUT2D eigenvalue weighted by Crippen LogP contribution is -2.22. The molecule has 114 valence electrons. The number of esters is 1. The summed E-state index contributed by atoms with van der Waals surface area (Å²) in [7, 11) is -4.03. The maximum absolute atomic E-state index is 11.4.